The molecule has 1 fully saturated rings. The molecule has 0 aromatic carbocycles. The number of carbonyl (C=O) groups is 2. The molecule has 1 aromatic rings. The standard InChI is InChI=1S/C25H34O5S/c1-8-15(2)23(27)30-22-21-16(3)14-28-19(21)13-24(5)11-9-18(17(4)25(22,24)6)29-20(26)10-12-31-7/h8,10,12,14,17-18,22H,9,11,13H2,1-7H3. The van der Waals surface area contributed by atoms with Crippen molar-refractivity contribution in [3.05, 3.63) is 46.3 Å². The molecular weight excluding hydrogens is 412 g/mol. The first-order valence-electron chi connectivity index (χ1n) is 10.9. The van der Waals surface area contributed by atoms with E-state index < -0.39 is 11.5 Å². The minimum absolute atomic E-state index is 0.0101. The normalized spacial score (nSPS) is 33.0. The van der Waals surface area contributed by atoms with Crippen molar-refractivity contribution >= 4 is 23.7 Å². The number of esters is 2. The van der Waals surface area contributed by atoms with Crippen LogP contribution in [-0.2, 0) is 25.5 Å². The van der Waals surface area contributed by atoms with Gasteiger partial charge in [0.25, 0.3) is 0 Å². The summed E-state index contributed by atoms with van der Waals surface area (Å²) in [7, 11) is 0. The number of furan rings is 1. The lowest BCUT2D eigenvalue weighted by Crippen LogP contribution is -2.58. The maximum absolute atomic E-state index is 12.9. The van der Waals surface area contributed by atoms with Crippen LogP contribution in [0.1, 0.15) is 70.5 Å². The molecule has 5 nitrogen and oxygen atoms in total. The van der Waals surface area contributed by atoms with Gasteiger partial charge in [-0.1, -0.05) is 26.8 Å². The summed E-state index contributed by atoms with van der Waals surface area (Å²) >= 11 is 1.46. The second kappa shape index (κ2) is 8.89. The number of hydrogen-bond donors (Lipinski definition) is 0. The smallest absolute Gasteiger partial charge is 0.334 e. The second-order valence-electron chi connectivity index (χ2n) is 9.37. The molecule has 0 radical (unpaired) electrons. The van der Waals surface area contributed by atoms with E-state index in [9.17, 15) is 9.59 Å². The van der Waals surface area contributed by atoms with Crippen LogP contribution >= 0.6 is 11.8 Å². The highest BCUT2D eigenvalue weighted by atomic mass is 32.2. The fraction of sp³-hybridized carbons (Fsp3) is 0.600. The summed E-state index contributed by atoms with van der Waals surface area (Å²) < 4.78 is 18.0. The molecule has 5 unspecified atom stereocenters. The van der Waals surface area contributed by atoms with Gasteiger partial charge < -0.3 is 13.9 Å². The van der Waals surface area contributed by atoms with Gasteiger partial charge in [-0.25, -0.2) is 9.59 Å². The molecule has 2 aliphatic rings. The monoisotopic (exact) mass is 446 g/mol. The number of hydrogen-bond acceptors (Lipinski definition) is 6. The van der Waals surface area contributed by atoms with Crippen molar-refractivity contribution in [2.75, 3.05) is 6.26 Å². The molecule has 170 valence electrons. The van der Waals surface area contributed by atoms with Crippen LogP contribution in [0.5, 0.6) is 0 Å². The Kier molecular flexibility index (Phi) is 6.80. The topological polar surface area (TPSA) is 65.7 Å². The fourth-order valence-corrected chi connectivity index (χ4v) is 5.62. The molecule has 1 heterocycles. The Hall–Kier alpha value is -1.95. The van der Waals surface area contributed by atoms with Gasteiger partial charge in [0, 0.05) is 35.0 Å². The highest BCUT2D eigenvalue weighted by molar-refractivity contribution is 8.01. The number of carbonyl (C=O) groups excluding carboxylic acids is 2. The van der Waals surface area contributed by atoms with Crippen molar-refractivity contribution in [3.63, 3.8) is 0 Å². The lowest BCUT2D eigenvalue weighted by molar-refractivity contribution is -0.202. The lowest BCUT2D eigenvalue weighted by Gasteiger charge is -2.60. The minimum atomic E-state index is -0.472. The SMILES string of the molecule is CC=C(C)C(=O)OC1c2c(C)coc2CC2(C)CCC(OC(=O)C=CSC)C(C)C12C. The average molecular weight is 447 g/mol. The van der Waals surface area contributed by atoms with Gasteiger partial charge in [-0.15, -0.1) is 11.8 Å². The summed E-state index contributed by atoms with van der Waals surface area (Å²) in [5.74, 6) is 0.245. The van der Waals surface area contributed by atoms with Gasteiger partial charge in [-0.05, 0) is 56.3 Å². The van der Waals surface area contributed by atoms with E-state index in [0.29, 0.717) is 5.57 Å². The first-order chi connectivity index (χ1) is 14.6. The molecule has 0 spiro atoms. The Bertz CT molecular complexity index is 913. The third-order valence-corrected chi connectivity index (χ3v) is 8.24. The second-order valence-corrected chi connectivity index (χ2v) is 10.1. The number of fused-ring (bicyclic) bond motifs is 2. The molecule has 2 aliphatic carbocycles. The lowest BCUT2D eigenvalue weighted by atomic mass is 9.46. The van der Waals surface area contributed by atoms with Crippen molar-refractivity contribution in [1.82, 2.24) is 0 Å². The van der Waals surface area contributed by atoms with Crippen molar-refractivity contribution < 1.29 is 23.5 Å². The summed E-state index contributed by atoms with van der Waals surface area (Å²) in [4.78, 5) is 25.2. The van der Waals surface area contributed by atoms with Crippen LogP contribution in [0.25, 0.3) is 0 Å². The molecule has 0 amide bonds. The van der Waals surface area contributed by atoms with Crippen LogP contribution in [0.15, 0.2) is 33.8 Å². The van der Waals surface area contributed by atoms with Crippen LogP contribution in [0.3, 0.4) is 0 Å². The number of aryl methyl sites for hydroxylation is 1. The zero-order chi connectivity index (χ0) is 23.0. The molecule has 0 aliphatic heterocycles. The van der Waals surface area contributed by atoms with E-state index in [0.717, 1.165) is 36.1 Å². The molecule has 0 N–H and O–H groups in total. The Morgan fingerprint density at radius 1 is 1.29 bits per heavy atom. The van der Waals surface area contributed by atoms with Gasteiger partial charge in [0.2, 0.25) is 0 Å². The van der Waals surface area contributed by atoms with Gasteiger partial charge in [-0.2, -0.15) is 0 Å². The minimum Gasteiger partial charge on any atom is -0.469 e. The predicted molar refractivity (Wildman–Crippen MR) is 123 cm³/mol. The highest BCUT2D eigenvalue weighted by Crippen LogP contribution is 2.65. The molecule has 6 heteroatoms. The third kappa shape index (κ3) is 3.99. The van der Waals surface area contributed by atoms with Gasteiger partial charge in [0.05, 0.1) is 6.26 Å². The number of allylic oxidation sites excluding steroid dienone is 1. The molecule has 31 heavy (non-hydrogen) atoms. The van der Waals surface area contributed by atoms with Crippen molar-refractivity contribution in [3.8, 4) is 0 Å². The van der Waals surface area contributed by atoms with E-state index in [1.54, 1.807) is 24.7 Å². The summed E-state index contributed by atoms with van der Waals surface area (Å²) in [6.07, 6.45) is 8.59. The first kappa shape index (κ1) is 23.7. The zero-order valence-corrected chi connectivity index (χ0v) is 20.4. The van der Waals surface area contributed by atoms with Gasteiger partial charge in [0.15, 0.2) is 0 Å². The van der Waals surface area contributed by atoms with Crippen LogP contribution in [-0.4, -0.2) is 24.3 Å². The van der Waals surface area contributed by atoms with Crippen molar-refractivity contribution in [2.45, 2.75) is 73.0 Å². The van der Waals surface area contributed by atoms with E-state index in [1.807, 2.05) is 20.1 Å². The van der Waals surface area contributed by atoms with Gasteiger partial charge in [0.1, 0.15) is 18.0 Å². The predicted octanol–water partition coefficient (Wildman–Crippen LogP) is 5.93. The third-order valence-electron chi connectivity index (χ3n) is 7.83. The molecule has 3 rings (SSSR count). The highest BCUT2D eigenvalue weighted by Gasteiger charge is 2.63. The van der Waals surface area contributed by atoms with Crippen molar-refractivity contribution in [2.24, 2.45) is 16.7 Å². The zero-order valence-electron chi connectivity index (χ0n) is 19.6. The summed E-state index contributed by atoms with van der Waals surface area (Å²) in [6, 6.07) is 0. The summed E-state index contributed by atoms with van der Waals surface area (Å²) in [5, 5.41) is 1.73. The van der Waals surface area contributed by atoms with E-state index in [2.05, 4.69) is 20.8 Å². The Morgan fingerprint density at radius 3 is 2.65 bits per heavy atom. The van der Waals surface area contributed by atoms with Crippen molar-refractivity contribution in [1.29, 1.82) is 0 Å². The quantitative estimate of drug-likeness (QED) is 0.413. The number of rotatable bonds is 5. The maximum Gasteiger partial charge on any atom is 0.334 e. The summed E-state index contributed by atoms with van der Waals surface area (Å²) in [5.41, 5.74) is 1.95. The van der Waals surface area contributed by atoms with E-state index >= 15 is 0 Å². The molecular formula is C25H34O5S. The van der Waals surface area contributed by atoms with E-state index in [4.69, 9.17) is 13.9 Å². The van der Waals surface area contributed by atoms with Crippen LogP contribution in [0, 0.1) is 23.7 Å². The van der Waals surface area contributed by atoms with Gasteiger partial charge in [-0.3, -0.25) is 0 Å². The molecule has 1 aromatic heterocycles. The summed E-state index contributed by atoms with van der Waals surface area (Å²) in [6.45, 7) is 12.2. The fourth-order valence-electron chi connectivity index (χ4n) is 5.37. The van der Waals surface area contributed by atoms with Crippen LogP contribution < -0.4 is 0 Å². The molecule has 0 bridgehead atoms. The average Bonchev–Trinajstić information content (AvgIpc) is 3.09. The van der Waals surface area contributed by atoms with Crippen LogP contribution in [0.2, 0.25) is 0 Å². The van der Waals surface area contributed by atoms with E-state index in [1.165, 1.54) is 17.8 Å². The number of ether oxygens (including phenoxy) is 2. The largest absolute Gasteiger partial charge is 0.469 e. The Balaban J connectivity index is 2.04. The first-order valence-corrected chi connectivity index (χ1v) is 12.2. The van der Waals surface area contributed by atoms with E-state index in [-0.39, 0.29) is 29.4 Å². The van der Waals surface area contributed by atoms with Crippen LogP contribution in [0.4, 0.5) is 0 Å². The molecule has 0 saturated heterocycles. The molecule has 1 saturated carbocycles. The Morgan fingerprint density at radius 2 is 2.00 bits per heavy atom. The number of thioether (sulfide) groups is 1. The molecule has 5 atom stereocenters. The maximum atomic E-state index is 12.9. The van der Waals surface area contributed by atoms with Gasteiger partial charge >= 0.3 is 11.9 Å². The Labute approximate surface area is 189 Å².